The molecular weight excluding hydrogens is 274 g/mol. The minimum absolute atomic E-state index is 0.185. The molecule has 1 saturated carbocycles. The molecule has 6 heteroatoms. The molecule has 1 aliphatic carbocycles. The van der Waals surface area contributed by atoms with Gasteiger partial charge in [-0.1, -0.05) is 11.3 Å². The highest BCUT2D eigenvalue weighted by molar-refractivity contribution is 7.22. The zero-order valence-electron chi connectivity index (χ0n) is 11.5. The molecule has 1 aromatic heterocycles. The number of hydrogen-bond donors (Lipinski definition) is 2. The van der Waals surface area contributed by atoms with E-state index in [-0.39, 0.29) is 12.1 Å². The second-order valence-corrected chi connectivity index (χ2v) is 6.11. The fourth-order valence-electron chi connectivity index (χ4n) is 2.14. The maximum absolute atomic E-state index is 11.9. The van der Waals surface area contributed by atoms with Crippen LogP contribution in [0.5, 0.6) is 5.75 Å². The minimum atomic E-state index is -0.185. The quantitative estimate of drug-likeness (QED) is 0.909. The summed E-state index contributed by atoms with van der Waals surface area (Å²) in [6, 6.07) is 5.71. The van der Waals surface area contributed by atoms with Gasteiger partial charge in [0.05, 0.1) is 17.3 Å². The molecule has 2 amide bonds. The third kappa shape index (κ3) is 2.85. The number of methoxy groups -OCH3 is 1. The third-order valence-corrected chi connectivity index (χ3v) is 4.44. The number of nitrogens with one attached hydrogen (secondary N) is 2. The first-order chi connectivity index (χ1) is 9.65. The summed E-state index contributed by atoms with van der Waals surface area (Å²) >= 11 is 1.44. The van der Waals surface area contributed by atoms with Crippen molar-refractivity contribution in [1.29, 1.82) is 0 Å². The number of urea groups is 1. The summed E-state index contributed by atoms with van der Waals surface area (Å²) in [6.45, 7) is 2.04. The molecule has 1 aromatic carbocycles. The van der Waals surface area contributed by atoms with E-state index in [2.05, 4.69) is 15.6 Å². The molecule has 0 radical (unpaired) electrons. The normalized spacial score (nSPS) is 15.9. The van der Waals surface area contributed by atoms with Crippen molar-refractivity contribution in [3.8, 4) is 5.75 Å². The van der Waals surface area contributed by atoms with Crippen LogP contribution in [0.3, 0.4) is 0 Å². The van der Waals surface area contributed by atoms with E-state index in [4.69, 9.17) is 4.74 Å². The largest absolute Gasteiger partial charge is 0.497 e. The van der Waals surface area contributed by atoms with E-state index in [0.29, 0.717) is 11.0 Å². The van der Waals surface area contributed by atoms with Crippen LogP contribution < -0.4 is 15.4 Å². The molecule has 1 fully saturated rings. The van der Waals surface area contributed by atoms with E-state index < -0.39 is 0 Å². The summed E-state index contributed by atoms with van der Waals surface area (Å²) in [5.41, 5.74) is 0.862. The first-order valence-corrected chi connectivity index (χ1v) is 7.49. The lowest BCUT2D eigenvalue weighted by atomic mass is 10.2. The van der Waals surface area contributed by atoms with Gasteiger partial charge in [-0.2, -0.15) is 0 Å². The van der Waals surface area contributed by atoms with E-state index in [9.17, 15) is 4.79 Å². The molecule has 0 aliphatic heterocycles. The minimum Gasteiger partial charge on any atom is -0.497 e. The van der Waals surface area contributed by atoms with Crippen molar-refractivity contribution < 1.29 is 9.53 Å². The Morgan fingerprint density at radius 3 is 3.00 bits per heavy atom. The number of rotatable bonds is 4. The topological polar surface area (TPSA) is 63.2 Å². The molecule has 1 atom stereocenters. The van der Waals surface area contributed by atoms with Crippen molar-refractivity contribution in [2.45, 2.75) is 25.8 Å². The Balaban J connectivity index is 1.68. The van der Waals surface area contributed by atoms with Crippen molar-refractivity contribution in [3.63, 3.8) is 0 Å². The molecule has 1 heterocycles. The van der Waals surface area contributed by atoms with Gasteiger partial charge in [-0.05, 0) is 43.9 Å². The smallest absolute Gasteiger partial charge is 0.321 e. The Labute approximate surface area is 121 Å². The maximum atomic E-state index is 11.9. The average Bonchev–Trinajstić information content (AvgIpc) is 3.19. The lowest BCUT2D eigenvalue weighted by molar-refractivity contribution is 0.248. The Morgan fingerprint density at radius 2 is 2.30 bits per heavy atom. The van der Waals surface area contributed by atoms with Gasteiger partial charge in [-0.15, -0.1) is 0 Å². The van der Waals surface area contributed by atoms with Crippen LogP contribution in [0.4, 0.5) is 9.93 Å². The van der Waals surface area contributed by atoms with Gasteiger partial charge >= 0.3 is 6.03 Å². The molecular formula is C14H17N3O2S. The van der Waals surface area contributed by atoms with Crippen molar-refractivity contribution in [3.05, 3.63) is 18.2 Å². The molecule has 5 nitrogen and oxygen atoms in total. The molecule has 106 valence electrons. The lowest BCUT2D eigenvalue weighted by Gasteiger charge is -2.12. The monoisotopic (exact) mass is 291 g/mol. The van der Waals surface area contributed by atoms with Crippen LogP contribution in [0.25, 0.3) is 10.2 Å². The Bertz CT molecular complexity index is 636. The zero-order chi connectivity index (χ0) is 14.1. The van der Waals surface area contributed by atoms with Crippen LogP contribution in [0.1, 0.15) is 19.8 Å². The van der Waals surface area contributed by atoms with Crippen molar-refractivity contribution in [1.82, 2.24) is 10.3 Å². The number of carbonyl (C=O) groups is 1. The highest BCUT2D eigenvalue weighted by Crippen LogP contribution is 2.32. The number of fused-ring (bicyclic) bond motifs is 1. The summed E-state index contributed by atoms with van der Waals surface area (Å²) in [4.78, 5) is 16.3. The van der Waals surface area contributed by atoms with Crippen molar-refractivity contribution in [2.24, 2.45) is 5.92 Å². The highest BCUT2D eigenvalue weighted by atomic mass is 32.1. The summed E-state index contributed by atoms with van der Waals surface area (Å²) in [5.74, 6) is 1.43. The van der Waals surface area contributed by atoms with Gasteiger partial charge in [0.15, 0.2) is 5.13 Å². The van der Waals surface area contributed by atoms with Crippen LogP contribution in [-0.4, -0.2) is 24.2 Å². The van der Waals surface area contributed by atoms with E-state index >= 15 is 0 Å². The molecule has 0 saturated heterocycles. The number of anilines is 1. The SMILES string of the molecule is COc1ccc2nc(NC(=O)NC(C)C3CC3)sc2c1. The van der Waals surface area contributed by atoms with Gasteiger partial charge in [0, 0.05) is 6.04 Å². The Hall–Kier alpha value is -1.82. The van der Waals surface area contributed by atoms with E-state index in [1.54, 1.807) is 7.11 Å². The molecule has 3 rings (SSSR count). The molecule has 2 N–H and O–H groups in total. The first kappa shape index (κ1) is 13.2. The van der Waals surface area contributed by atoms with E-state index in [1.807, 2.05) is 25.1 Å². The van der Waals surface area contributed by atoms with Gasteiger partial charge in [0.1, 0.15) is 5.75 Å². The van der Waals surface area contributed by atoms with Gasteiger partial charge in [-0.25, -0.2) is 9.78 Å². The molecule has 1 unspecified atom stereocenters. The van der Waals surface area contributed by atoms with Gasteiger partial charge in [0.2, 0.25) is 0 Å². The van der Waals surface area contributed by atoms with Crippen LogP contribution in [-0.2, 0) is 0 Å². The molecule has 0 spiro atoms. The second-order valence-electron chi connectivity index (χ2n) is 5.08. The van der Waals surface area contributed by atoms with Crippen molar-refractivity contribution >= 4 is 32.7 Å². The maximum Gasteiger partial charge on any atom is 0.321 e. The predicted octanol–water partition coefficient (Wildman–Crippen LogP) is 3.22. The number of nitrogens with zero attached hydrogens (tertiary/aromatic N) is 1. The predicted molar refractivity (Wildman–Crippen MR) is 80.5 cm³/mol. The van der Waals surface area contributed by atoms with Gasteiger partial charge in [-0.3, -0.25) is 5.32 Å². The molecule has 2 aromatic rings. The van der Waals surface area contributed by atoms with Crippen LogP contribution in [0.15, 0.2) is 18.2 Å². The van der Waals surface area contributed by atoms with E-state index in [1.165, 1.54) is 24.2 Å². The second kappa shape index (κ2) is 5.28. The van der Waals surface area contributed by atoms with Crippen molar-refractivity contribution in [2.75, 3.05) is 12.4 Å². The van der Waals surface area contributed by atoms with Gasteiger partial charge in [0.25, 0.3) is 0 Å². The van der Waals surface area contributed by atoms with E-state index in [0.717, 1.165) is 16.0 Å². The number of amides is 2. The number of ether oxygens (including phenoxy) is 1. The lowest BCUT2D eigenvalue weighted by Crippen LogP contribution is -2.37. The Morgan fingerprint density at radius 1 is 1.50 bits per heavy atom. The number of carbonyl (C=O) groups excluding carboxylic acids is 1. The molecule has 1 aliphatic rings. The van der Waals surface area contributed by atoms with Gasteiger partial charge < -0.3 is 10.1 Å². The highest BCUT2D eigenvalue weighted by Gasteiger charge is 2.28. The number of benzene rings is 1. The number of aromatic nitrogens is 1. The fourth-order valence-corrected chi connectivity index (χ4v) is 3.03. The number of hydrogen-bond acceptors (Lipinski definition) is 4. The van der Waals surface area contributed by atoms with Crippen LogP contribution in [0.2, 0.25) is 0 Å². The zero-order valence-corrected chi connectivity index (χ0v) is 12.3. The van der Waals surface area contributed by atoms with Crippen LogP contribution in [0, 0.1) is 5.92 Å². The summed E-state index contributed by atoms with van der Waals surface area (Å²) in [6.07, 6.45) is 2.42. The summed E-state index contributed by atoms with van der Waals surface area (Å²) < 4.78 is 6.17. The fraction of sp³-hybridized carbons (Fsp3) is 0.429. The molecule has 0 bridgehead atoms. The summed E-state index contributed by atoms with van der Waals surface area (Å²) in [5, 5.41) is 6.35. The molecule has 20 heavy (non-hydrogen) atoms. The van der Waals surface area contributed by atoms with Crippen LogP contribution >= 0.6 is 11.3 Å². The summed E-state index contributed by atoms with van der Waals surface area (Å²) in [7, 11) is 1.63. The number of thiazole rings is 1. The third-order valence-electron chi connectivity index (χ3n) is 3.50. The first-order valence-electron chi connectivity index (χ1n) is 6.68. The standard InChI is InChI=1S/C14H17N3O2S/c1-8(9-3-4-9)15-13(18)17-14-16-11-6-5-10(19-2)7-12(11)20-14/h5-9H,3-4H2,1-2H3,(H2,15,16,17,18). The Kier molecular flexibility index (Phi) is 3.48. The average molecular weight is 291 g/mol.